The van der Waals surface area contributed by atoms with Crippen molar-refractivity contribution in [2.75, 3.05) is 19.0 Å². The first-order valence-electron chi connectivity index (χ1n) is 7.43. The minimum Gasteiger partial charge on any atom is -0.484 e. The Bertz CT molecular complexity index is 716. The van der Waals surface area contributed by atoms with E-state index >= 15 is 0 Å². The molecule has 24 heavy (non-hydrogen) atoms. The summed E-state index contributed by atoms with van der Waals surface area (Å²) < 4.78 is 6.47. The highest BCUT2D eigenvalue weighted by molar-refractivity contribution is 9.10. The third-order valence-corrected chi connectivity index (χ3v) is 4.10. The van der Waals surface area contributed by atoms with Gasteiger partial charge in [0, 0.05) is 30.7 Å². The molecule has 0 spiro atoms. The van der Waals surface area contributed by atoms with Crippen LogP contribution in [0.4, 0.5) is 5.69 Å². The Hall–Kier alpha value is -2.34. The van der Waals surface area contributed by atoms with E-state index in [9.17, 15) is 9.59 Å². The molecule has 0 fully saturated rings. The van der Waals surface area contributed by atoms with Gasteiger partial charge in [0.1, 0.15) is 5.75 Å². The van der Waals surface area contributed by atoms with Gasteiger partial charge < -0.3 is 15.0 Å². The van der Waals surface area contributed by atoms with Gasteiger partial charge in [-0.1, -0.05) is 34.1 Å². The van der Waals surface area contributed by atoms with Crippen molar-refractivity contribution in [3.63, 3.8) is 0 Å². The highest BCUT2D eigenvalue weighted by atomic mass is 79.9. The highest BCUT2D eigenvalue weighted by Gasteiger charge is 2.11. The van der Waals surface area contributed by atoms with Crippen molar-refractivity contribution in [1.29, 1.82) is 0 Å². The second-order valence-electron chi connectivity index (χ2n) is 5.34. The zero-order chi connectivity index (χ0) is 17.5. The summed E-state index contributed by atoms with van der Waals surface area (Å²) in [5, 5.41) is 2.67. The number of anilines is 1. The molecule has 0 saturated heterocycles. The van der Waals surface area contributed by atoms with Gasteiger partial charge in [-0.3, -0.25) is 9.59 Å². The number of hydrogen-bond donors (Lipinski definition) is 1. The van der Waals surface area contributed by atoms with Gasteiger partial charge in [-0.2, -0.15) is 0 Å². The highest BCUT2D eigenvalue weighted by Crippen LogP contribution is 2.18. The van der Waals surface area contributed by atoms with Crippen LogP contribution in [0.25, 0.3) is 0 Å². The zero-order valence-electron chi connectivity index (χ0n) is 13.6. The molecule has 0 atom stereocenters. The number of amides is 2. The quantitative estimate of drug-likeness (QED) is 0.821. The van der Waals surface area contributed by atoms with Gasteiger partial charge in [-0.15, -0.1) is 0 Å². The van der Waals surface area contributed by atoms with E-state index in [1.807, 2.05) is 24.3 Å². The number of hydrogen-bond acceptors (Lipinski definition) is 3. The molecule has 2 aromatic rings. The van der Waals surface area contributed by atoms with Crippen molar-refractivity contribution >= 4 is 33.4 Å². The molecule has 5 nitrogen and oxygen atoms in total. The molecule has 0 unspecified atom stereocenters. The number of rotatable bonds is 6. The van der Waals surface area contributed by atoms with Crippen LogP contribution in [0.5, 0.6) is 5.75 Å². The van der Waals surface area contributed by atoms with Gasteiger partial charge in [0.05, 0.1) is 0 Å². The molecule has 2 amide bonds. The monoisotopic (exact) mass is 390 g/mol. The van der Waals surface area contributed by atoms with E-state index in [1.165, 1.54) is 6.92 Å². The van der Waals surface area contributed by atoms with Crippen molar-refractivity contribution in [3.8, 4) is 5.75 Å². The van der Waals surface area contributed by atoms with E-state index in [-0.39, 0.29) is 18.4 Å². The number of nitrogens with zero attached hydrogens (tertiary/aromatic N) is 1. The number of carbonyl (C=O) groups excluding carboxylic acids is 2. The van der Waals surface area contributed by atoms with Crippen molar-refractivity contribution in [2.24, 2.45) is 0 Å². The summed E-state index contributed by atoms with van der Waals surface area (Å²) in [5.74, 6) is 0.330. The smallest absolute Gasteiger partial charge is 0.260 e. The Balaban J connectivity index is 1.86. The first-order chi connectivity index (χ1) is 11.5. The number of ether oxygens (including phenoxy) is 1. The fourth-order valence-electron chi connectivity index (χ4n) is 2.06. The van der Waals surface area contributed by atoms with Gasteiger partial charge in [-0.05, 0) is 35.9 Å². The third-order valence-electron chi connectivity index (χ3n) is 3.33. The Morgan fingerprint density at radius 2 is 1.79 bits per heavy atom. The van der Waals surface area contributed by atoms with Crippen LogP contribution >= 0.6 is 15.9 Å². The molecule has 0 saturated carbocycles. The summed E-state index contributed by atoms with van der Waals surface area (Å²) in [6.07, 6.45) is 0. The Labute approximate surface area is 149 Å². The summed E-state index contributed by atoms with van der Waals surface area (Å²) in [6, 6.07) is 14.7. The van der Waals surface area contributed by atoms with Crippen LogP contribution < -0.4 is 10.1 Å². The van der Waals surface area contributed by atoms with Gasteiger partial charge in [0.2, 0.25) is 5.91 Å². The molecule has 2 aromatic carbocycles. The van der Waals surface area contributed by atoms with Gasteiger partial charge in [-0.25, -0.2) is 0 Å². The van der Waals surface area contributed by atoms with E-state index in [0.717, 1.165) is 10.0 Å². The largest absolute Gasteiger partial charge is 0.484 e. The van der Waals surface area contributed by atoms with E-state index < -0.39 is 0 Å². The molecule has 6 heteroatoms. The average Bonchev–Trinajstić information content (AvgIpc) is 2.55. The number of halogens is 1. The molecule has 0 radical (unpaired) electrons. The van der Waals surface area contributed by atoms with Crippen molar-refractivity contribution in [1.82, 2.24) is 4.90 Å². The summed E-state index contributed by atoms with van der Waals surface area (Å²) >= 11 is 3.47. The van der Waals surface area contributed by atoms with Crippen LogP contribution in [0.3, 0.4) is 0 Å². The Morgan fingerprint density at radius 3 is 2.42 bits per heavy atom. The molecule has 0 aliphatic rings. The lowest BCUT2D eigenvalue weighted by Crippen LogP contribution is -2.31. The van der Waals surface area contributed by atoms with Crippen LogP contribution in [0, 0.1) is 0 Å². The van der Waals surface area contributed by atoms with Crippen LogP contribution in [-0.2, 0) is 16.1 Å². The normalized spacial score (nSPS) is 10.1. The standard InChI is InChI=1S/C18H19BrN2O3/c1-13(22)20-15-7-9-16(10-8-15)24-12-18(23)21(2)11-14-5-3-4-6-17(14)19/h3-10H,11-12H2,1-2H3,(H,20,22). The first-order valence-corrected chi connectivity index (χ1v) is 8.23. The van der Waals surface area contributed by atoms with Crippen LogP contribution in [0.2, 0.25) is 0 Å². The predicted molar refractivity (Wildman–Crippen MR) is 96.9 cm³/mol. The number of benzene rings is 2. The summed E-state index contributed by atoms with van der Waals surface area (Å²) in [5.41, 5.74) is 1.72. The SMILES string of the molecule is CC(=O)Nc1ccc(OCC(=O)N(C)Cc2ccccc2Br)cc1. The van der Waals surface area contributed by atoms with Gasteiger partial charge >= 0.3 is 0 Å². The lowest BCUT2D eigenvalue weighted by molar-refractivity contribution is -0.132. The van der Waals surface area contributed by atoms with E-state index in [1.54, 1.807) is 36.2 Å². The molecule has 2 rings (SSSR count). The van der Waals surface area contributed by atoms with E-state index in [0.29, 0.717) is 18.0 Å². The van der Waals surface area contributed by atoms with Crippen molar-refractivity contribution < 1.29 is 14.3 Å². The maximum Gasteiger partial charge on any atom is 0.260 e. The lowest BCUT2D eigenvalue weighted by atomic mass is 10.2. The average molecular weight is 391 g/mol. The zero-order valence-corrected chi connectivity index (χ0v) is 15.2. The molecule has 0 bridgehead atoms. The lowest BCUT2D eigenvalue weighted by Gasteiger charge is -2.18. The van der Waals surface area contributed by atoms with Crippen molar-refractivity contribution in [2.45, 2.75) is 13.5 Å². The topological polar surface area (TPSA) is 58.6 Å². The first kappa shape index (κ1) is 18.0. The minimum absolute atomic E-state index is 0.0412. The third kappa shape index (κ3) is 5.38. The molecular formula is C18H19BrN2O3. The molecule has 0 aromatic heterocycles. The summed E-state index contributed by atoms with van der Waals surface area (Å²) in [6.45, 7) is 1.91. The molecule has 0 aliphatic carbocycles. The number of carbonyl (C=O) groups is 2. The number of nitrogens with one attached hydrogen (secondary N) is 1. The van der Waals surface area contributed by atoms with E-state index in [2.05, 4.69) is 21.2 Å². The Morgan fingerprint density at radius 1 is 1.12 bits per heavy atom. The predicted octanol–water partition coefficient (Wildman–Crippen LogP) is 3.44. The van der Waals surface area contributed by atoms with Crippen LogP contribution in [0.1, 0.15) is 12.5 Å². The molecule has 0 aliphatic heterocycles. The summed E-state index contributed by atoms with van der Waals surface area (Å²) in [7, 11) is 1.74. The van der Waals surface area contributed by atoms with Crippen molar-refractivity contribution in [3.05, 3.63) is 58.6 Å². The minimum atomic E-state index is -0.132. The molecule has 126 valence electrons. The molecule has 0 heterocycles. The Kier molecular flexibility index (Phi) is 6.37. The van der Waals surface area contributed by atoms with Crippen LogP contribution in [-0.4, -0.2) is 30.4 Å². The van der Waals surface area contributed by atoms with E-state index in [4.69, 9.17) is 4.74 Å². The second-order valence-corrected chi connectivity index (χ2v) is 6.19. The summed E-state index contributed by atoms with van der Waals surface area (Å²) in [4.78, 5) is 24.8. The maximum absolute atomic E-state index is 12.2. The number of likely N-dealkylation sites (N-methyl/N-ethyl adjacent to an activating group) is 1. The van der Waals surface area contributed by atoms with Gasteiger partial charge in [0.25, 0.3) is 5.91 Å². The van der Waals surface area contributed by atoms with Crippen LogP contribution in [0.15, 0.2) is 53.0 Å². The fourth-order valence-corrected chi connectivity index (χ4v) is 2.47. The molecule has 1 N–H and O–H groups in total. The molecular weight excluding hydrogens is 372 g/mol. The maximum atomic E-state index is 12.2. The fraction of sp³-hybridized carbons (Fsp3) is 0.222. The van der Waals surface area contributed by atoms with Gasteiger partial charge in [0.15, 0.2) is 6.61 Å². The second kappa shape index (κ2) is 8.49.